The molecular weight excluding hydrogens is 406 g/mol. The molecule has 0 radical (unpaired) electrons. The maximum Gasteiger partial charge on any atom is 0.263 e. The molecule has 8 nitrogen and oxygen atoms in total. The van der Waals surface area contributed by atoms with E-state index in [1.165, 1.54) is 14.2 Å². The van der Waals surface area contributed by atoms with Gasteiger partial charge in [-0.3, -0.25) is 4.79 Å². The number of carbonyl (C=O) groups is 1. The summed E-state index contributed by atoms with van der Waals surface area (Å²) in [6.45, 7) is 3.96. The van der Waals surface area contributed by atoms with Crippen LogP contribution in [-0.4, -0.2) is 68.5 Å². The Morgan fingerprint density at radius 1 is 0.875 bits per heavy atom. The van der Waals surface area contributed by atoms with Crippen molar-refractivity contribution in [2.24, 2.45) is 0 Å². The Hall–Kier alpha value is -3.65. The van der Waals surface area contributed by atoms with E-state index in [1.54, 1.807) is 18.2 Å². The van der Waals surface area contributed by atoms with Gasteiger partial charge in [-0.15, -0.1) is 10.2 Å². The molecule has 1 N–H and O–H groups in total. The van der Waals surface area contributed by atoms with E-state index in [4.69, 9.17) is 9.47 Å². The Bertz CT molecular complexity index is 1040. The van der Waals surface area contributed by atoms with Crippen LogP contribution in [0.25, 0.3) is 11.3 Å². The molecule has 3 aromatic rings. The second-order valence-corrected chi connectivity index (χ2v) is 7.64. The van der Waals surface area contributed by atoms with Crippen LogP contribution in [0.2, 0.25) is 0 Å². The van der Waals surface area contributed by atoms with E-state index < -0.39 is 0 Å². The molecule has 2 heterocycles. The quantitative estimate of drug-likeness (QED) is 0.640. The molecule has 1 saturated heterocycles. The number of methoxy groups -OCH3 is 2. The summed E-state index contributed by atoms with van der Waals surface area (Å²) in [5.74, 6) is 1.50. The maximum absolute atomic E-state index is 12.8. The van der Waals surface area contributed by atoms with E-state index in [9.17, 15) is 4.79 Å². The lowest BCUT2D eigenvalue weighted by molar-refractivity contribution is 0.102. The third-order valence-corrected chi connectivity index (χ3v) is 5.57. The number of amides is 1. The highest BCUT2D eigenvalue weighted by Gasteiger charge is 2.19. The highest BCUT2D eigenvalue weighted by molar-refractivity contribution is 6.08. The van der Waals surface area contributed by atoms with Crippen molar-refractivity contribution in [3.05, 3.63) is 60.2 Å². The van der Waals surface area contributed by atoms with Crippen LogP contribution < -0.4 is 19.7 Å². The van der Waals surface area contributed by atoms with Gasteiger partial charge in [-0.1, -0.05) is 18.2 Å². The number of carbonyl (C=O) groups excluding carboxylic acids is 1. The van der Waals surface area contributed by atoms with Gasteiger partial charge in [-0.25, -0.2) is 0 Å². The molecule has 1 aromatic heterocycles. The van der Waals surface area contributed by atoms with Gasteiger partial charge < -0.3 is 24.6 Å². The maximum atomic E-state index is 12.8. The predicted octanol–water partition coefficient (Wildman–Crippen LogP) is 3.16. The number of aromatic nitrogens is 2. The third kappa shape index (κ3) is 4.65. The van der Waals surface area contributed by atoms with Gasteiger partial charge in [0.1, 0.15) is 17.1 Å². The minimum atomic E-state index is -0.302. The van der Waals surface area contributed by atoms with E-state index in [0.717, 1.165) is 43.3 Å². The van der Waals surface area contributed by atoms with Crippen LogP contribution in [-0.2, 0) is 0 Å². The average Bonchev–Trinajstić information content (AvgIpc) is 2.84. The first kappa shape index (κ1) is 21.6. The number of nitrogens with one attached hydrogen (secondary N) is 1. The Morgan fingerprint density at radius 3 is 2.09 bits per heavy atom. The van der Waals surface area contributed by atoms with Crippen molar-refractivity contribution in [2.45, 2.75) is 0 Å². The fourth-order valence-corrected chi connectivity index (χ4v) is 3.68. The molecule has 166 valence electrons. The molecule has 0 unspecified atom stereocenters. The molecule has 4 rings (SSSR count). The monoisotopic (exact) mass is 433 g/mol. The molecule has 0 spiro atoms. The Balaban J connectivity index is 1.45. The van der Waals surface area contributed by atoms with Crippen molar-refractivity contribution >= 4 is 17.4 Å². The summed E-state index contributed by atoms with van der Waals surface area (Å²) in [5, 5.41) is 11.7. The Kier molecular flexibility index (Phi) is 6.51. The summed E-state index contributed by atoms with van der Waals surface area (Å²) in [5.41, 5.74) is 2.73. The first-order chi connectivity index (χ1) is 15.6. The average molecular weight is 434 g/mol. The number of likely N-dealkylation sites (N-methyl/N-ethyl adjacent to an activating group) is 1. The lowest BCUT2D eigenvalue weighted by Gasteiger charge is -2.32. The van der Waals surface area contributed by atoms with Crippen LogP contribution in [0.15, 0.2) is 54.6 Å². The molecule has 1 aliphatic heterocycles. The van der Waals surface area contributed by atoms with Gasteiger partial charge in [-0.2, -0.15) is 0 Å². The van der Waals surface area contributed by atoms with E-state index >= 15 is 0 Å². The first-order valence-electron chi connectivity index (χ1n) is 10.5. The number of rotatable bonds is 6. The van der Waals surface area contributed by atoms with Crippen LogP contribution in [0.4, 0.5) is 11.5 Å². The summed E-state index contributed by atoms with van der Waals surface area (Å²) < 4.78 is 10.6. The zero-order valence-electron chi connectivity index (χ0n) is 18.5. The molecule has 0 aliphatic carbocycles. The van der Waals surface area contributed by atoms with E-state index in [2.05, 4.69) is 32.4 Å². The lowest BCUT2D eigenvalue weighted by Crippen LogP contribution is -2.44. The van der Waals surface area contributed by atoms with Crippen LogP contribution >= 0.6 is 0 Å². The van der Waals surface area contributed by atoms with Crippen molar-refractivity contribution in [3.8, 4) is 22.8 Å². The fraction of sp³-hybridized carbons (Fsp3) is 0.292. The van der Waals surface area contributed by atoms with Gasteiger partial charge in [0.05, 0.1) is 19.9 Å². The number of nitrogens with zero attached hydrogens (tertiary/aromatic N) is 4. The van der Waals surface area contributed by atoms with Crippen LogP contribution in [0.3, 0.4) is 0 Å². The number of piperazine rings is 1. The van der Waals surface area contributed by atoms with Crippen molar-refractivity contribution in [1.29, 1.82) is 0 Å². The van der Waals surface area contributed by atoms with Gasteiger partial charge in [0.2, 0.25) is 0 Å². The normalized spacial score (nSPS) is 14.2. The van der Waals surface area contributed by atoms with Gasteiger partial charge in [0.15, 0.2) is 5.82 Å². The number of hydrogen-bond acceptors (Lipinski definition) is 7. The van der Waals surface area contributed by atoms with E-state index in [-0.39, 0.29) is 5.91 Å². The highest BCUT2D eigenvalue weighted by atomic mass is 16.5. The molecule has 2 aromatic carbocycles. The molecule has 1 aliphatic rings. The molecule has 0 saturated carbocycles. The SMILES string of the molecule is COc1cccc(OC)c1C(=O)Nc1ccc(-c2ccc(N3CCN(C)CC3)nn2)cc1. The minimum Gasteiger partial charge on any atom is -0.496 e. The second-order valence-electron chi connectivity index (χ2n) is 7.64. The second kappa shape index (κ2) is 9.65. The lowest BCUT2D eigenvalue weighted by atomic mass is 10.1. The molecule has 1 amide bonds. The van der Waals surface area contributed by atoms with Gasteiger partial charge in [0.25, 0.3) is 5.91 Å². The van der Waals surface area contributed by atoms with Crippen LogP contribution in [0.5, 0.6) is 11.5 Å². The number of ether oxygens (including phenoxy) is 2. The predicted molar refractivity (Wildman–Crippen MR) is 125 cm³/mol. The third-order valence-electron chi connectivity index (χ3n) is 5.57. The van der Waals surface area contributed by atoms with Gasteiger partial charge in [0, 0.05) is 37.4 Å². The van der Waals surface area contributed by atoms with Crippen molar-refractivity contribution in [1.82, 2.24) is 15.1 Å². The fourth-order valence-electron chi connectivity index (χ4n) is 3.68. The van der Waals surface area contributed by atoms with Gasteiger partial charge in [-0.05, 0) is 43.4 Å². The summed E-state index contributed by atoms with van der Waals surface area (Å²) in [4.78, 5) is 17.4. The Morgan fingerprint density at radius 2 is 1.53 bits per heavy atom. The molecule has 0 atom stereocenters. The minimum absolute atomic E-state index is 0.302. The molecule has 32 heavy (non-hydrogen) atoms. The number of benzene rings is 2. The first-order valence-corrected chi connectivity index (χ1v) is 10.5. The highest BCUT2D eigenvalue weighted by Crippen LogP contribution is 2.29. The van der Waals surface area contributed by atoms with Crippen LogP contribution in [0.1, 0.15) is 10.4 Å². The number of hydrogen-bond donors (Lipinski definition) is 1. The molecule has 8 heteroatoms. The zero-order chi connectivity index (χ0) is 22.5. The smallest absolute Gasteiger partial charge is 0.263 e. The topological polar surface area (TPSA) is 79.8 Å². The van der Waals surface area contributed by atoms with Crippen molar-refractivity contribution in [3.63, 3.8) is 0 Å². The van der Waals surface area contributed by atoms with Crippen molar-refractivity contribution in [2.75, 3.05) is 57.7 Å². The largest absolute Gasteiger partial charge is 0.496 e. The molecular formula is C24H27N5O3. The summed E-state index contributed by atoms with van der Waals surface area (Å²) in [6.07, 6.45) is 0. The number of anilines is 2. The van der Waals surface area contributed by atoms with E-state index in [1.807, 2.05) is 36.4 Å². The molecule has 1 fully saturated rings. The Labute approximate surface area is 187 Å². The summed E-state index contributed by atoms with van der Waals surface area (Å²) in [7, 11) is 5.18. The summed E-state index contributed by atoms with van der Waals surface area (Å²) in [6, 6.07) is 16.7. The van der Waals surface area contributed by atoms with Crippen LogP contribution in [0, 0.1) is 0 Å². The zero-order valence-corrected chi connectivity index (χ0v) is 18.5. The van der Waals surface area contributed by atoms with E-state index in [0.29, 0.717) is 22.7 Å². The van der Waals surface area contributed by atoms with Crippen molar-refractivity contribution < 1.29 is 14.3 Å². The van der Waals surface area contributed by atoms with Gasteiger partial charge >= 0.3 is 0 Å². The standard InChI is InChI=1S/C24H27N5O3/c1-28-13-15-29(16-14-28)22-12-11-19(26-27-22)17-7-9-18(10-8-17)25-24(30)23-20(31-2)5-4-6-21(23)32-3/h4-12H,13-16H2,1-3H3,(H,25,30). The summed E-state index contributed by atoms with van der Waals surface area (Å²) >= 11 is 0. The molecule has 0 bridgehead atoms.